The lowest BCUT2D eigenvalue weighted by Crippen LogP contribution is -2.26. The molecule has 0 saturated heterocycles. The standard InChI is InChI=1S/C15H26N2O3S/c1-12-15(10-14(20-12)11-16-2)21(18,19)17-9-8-13-6-4-3-5-7-13/h10,13,16-17H,3-9,11H2,1-2H3. The smallest absolute Gasteiger partial charge is 0.244 e. The highest BCUT2D eigenvalue weighted by Gasteiger charge is 2.21. The first kappa shape index (κ1) is 16.5. The summed E-state index contributed by atoms with van der Waals surface area (Å²) in [5, 5.41) is 2.95. The summed E-state index contributed by atoms with van der Waals surface area (Å²) in [6.45, 7) is 2.73. The van der Waals surface area contributed by atoms with Gasteiger partial charge in [-0.2, -0.15) is 0 Å². The van der Waals surface area contributed by atoms with Gasteiger partial charge in [0.2, 0.25) is 10.0 Å². The molecule has 0 amide bonds. The van der Waals surface area contributed by atoms with Crippen LogP contribution in [0.1, 0.15) is 50.0 Å². The van der Waals surface area contributed by atoms with Gasteiger partial charge in [-0.3, -0.25) is 0 Å². The zero-order valence-corrected chi connectivity index (χ0v) is 13.8. The van der Waals surface area contributed by atoms with E-state index in [0.717, 1.165) is 6.42 Å². The molecule has 0 aromatic carbocycles. The molecule has 1 aromatic heterocycles. The van der Waals surface area contributed by atoms with E-state index in [1.807, 2.05) is 0 Å². The van der Waals surface area contributed by atoms with Crippen molar-refractivity contribution in [3.63, 3.8) is 0 Å². The van der Waals surface area contributed by atoms with Crippen molar-refractivity contribution in [1.29, 1.82) is 0 Å². The Morgan fingerprint density at radius 2 is 2.00 bits per heavy atom. The van der Waals surface area contributed by atoms with Crippen LogP contribution in [0.4, 0.5) is 0 Å². The topological polar surface area (TPSA) is 71.3 Å². The van der Waals surface area contributed by atoms with Gasteiger partial charge in [0.05, 0.1) is 6.54 Å². The van der Waals surface area contributed by atoms with Crippen LogP contribution in [0.15, 0.2) is 15.4 Å². The maximum atomic E-state index is 12.3. The average Bonchev–Trinajstić information content (AvgIpc) is 2.82. The van der Waals surface area contributed by atoms with Gasteiger partial charge in [-0.1, -0.05) is 32.1 Å². The van der Waals surface area contributed by atoms with E-state index in [1.165, 1.54) is 32.1 Å². The Morgan fingerprint density at radius 3 is 2.67 bits per heavy atom. The fourth-order valence-electron chi connectivity index (χ4n) is 3.00. The number of hydrogen-bond acceptors (Lipinski definition) is 4. The molecule has 0 spiro atoms. The molecule has 1 saturated carbocycles. The monoisotopic (exact) mass is 314 g/mol. The van der Waals surface area contributed by atoms with Crippen molar-refractivity contribution >= 4 is 10.0 Å². The predicted octanol–water partition coefficient (Wildman–Crippen LogP) is 2.56. The van der Waals surface area contributed by atoms with Gasteiger partial charge in [-0.25, -0.2) is 13.1 Å². The van der Waals surface area contributed by atoms with E-state index in [0.29, 0.717) is 30.5 Å². The van der Waals surface area contributed by atoms with Crippen LogP contribution in [0.3, 0.4) is 0 Å². The normalized spacial score (nSPS) is 17.2. The second-order valence-electron chi connectivity index (χ2n) is 5.85. The largest absolute Gasteiger partial charge is 0.464 e. The summed E-state index contributed by atoms with van der Waals surface area (Å²) in [6.07, 6.45) is 7.29. The fourth-order valence-corrected chi connectivity index (χ4v) is 4.25. The van der Waals surface area contributed by atoms with Crippen LogP contribution < -0.4 is 10.0 Å². The summed E-state index contributed by atoms with van der Waals surface area (Å²) < 4.78 is 32.8. The number of sulfonamides is 1. The summed E-state index contributed by atoms with van der Waals surface area (Å²) in [5.41, 5.74) is 0. The Kier molecular flexibility index (Phi) is 5.84. The molecule has 0 bridgehead atoms. The first-order valence-electron chi connectivity index (χ1n) is 7.76. The number of furan rings is 1. The summed E-state index contributed by atoms with van der Waals surface area (Å²) >= 11 is 0. The molecule has 120 valence electrons. The molecular formula is C15H26N2O3S. The lowest BCUT2D eigenvalue weighted by molar-refractivity contribution is 0.339. The zero-order chi connectivity index (χ0) is 15.3. The number of hydrogen-bond donors (Lipinski definition) is 2. The fraction of sp³-hybridized carbons (Fsp3) is 0.733. The Hall–Kier alpha value is -0.850. The third kappa shape index (κ3) is 4.56. The van der Waals surface area contributed by atoms with Crippen molar-refractivity contribution in [1.82, 2.24) is 10.0 Å². The molecular weight excluding hydrogens is 288 g/mol. The molecule has 1 fully saturated rings. The Morgan fingerprint density at radius 1 is 1.29 bits per heavy atom. The first-order chi connectivity index (χ1) is 10.0. The quantitative estimate of drug-likeness (QED) is 0.811. The molecule has 21 heavy (non-hydrogen) atoms. The molecule has 0 aliphatic heterocycles. The van der Waals surface area contributed by atoms with Crippen molar-refractivity contribution in [2.75, 3.05) is 13.6 Å². The van der Waals surface area contributed by atoms with Crippen molar-refractivity contribution in [2.24, 2.45) is 5.92 Å². The first-order valence-corrected chi connectivity index (χ1v) is 9.25. The molecule has 0 radical (unpaired) electrons. The maximum Gasteiger partial charge on any atom is 0.244 e. The van der Waals surface area contributed by atoms with E-state index >= 15 is 0 Å². The highest BCUT2D eigenvalue weighted by Crippen LogP contribution is 2.26. The number of rotatable bonds is 7. The summed E-state index contributed by atoms with van der Waals surface area (Å²) in [5.74, 6) is 1.76. The van der Waals surface area contributed by atoms with Gasteiger partial charge in [-0.05, 0) is 26.3 Å². The summed E-state index contributed by atoms with van der Waals surface area (Å²) in [7, 11) is -1.66. The second-order valence-corrected chi connectivity index (χ2v) is 7.59. The van der Waals surface area contributed by atoms with E-state index in [2.05, 4.69) is 10.0 Å². The minimum atomic E-state index is -3.46. The lowest BCUT2D eigenvalue weighted by Gasteiger charge is -2.21. The summed E-state index contributed by atoms with van der Waals surface area (Å²) in [4.78, 5) is 0.261. The van der Waals surface area contributed by atoms with Gasteiger partial charge in [0.15, 0.2) is 0 Å². The molecule has 0 unspecified atom stereocenters. The Bertz CT molecular complexity index is 545. The average molecular weight is 314 g/mol. The van der Waals surface area contributed by atoms with Gasteiger partial charge in [0, 0.05) is 12.6 Å². The van der Waals surface area contributed by atoms with Crippen LogP contribution in [0.2, 0.25) is 0 Å². The number of aryl methyl sites for hydroxylation is 1. The second kappa shape index (κ2) is 7.42. The Balaban J connectivity index is 1.91. The van der Waals surface area contributed by atoms with Crippen LogP contribution in [-0.2, 0) is 16.6 Å². The lowest BCUT2D eigenvalue weighted by atomic mass is 9.87. The molecule has 1 aromatic rings. The Labute approximate surface area is 127 Å². The van der Waals surface area contributed by atoms with E-state index in [1.54, 1.807) is 20.0 Å². The highest BCUT2D eigenvalue weighted by atomic mass is 32.2. The maximum absolute atomic E-state index is 12.3. The molecule has 5 nitrogen and oxygen atoms in total. The van der Waals surface area contributed by atoms with Gasteiger partial charge >= 0.3 is 0 Å². The minimum Gasteiger partial charge on any atom is -0.464 e. The van der Waals surface area contributed by atoms with Gasteiger partial charge < -0.3 is 9.73 Å². The van der Waals surface area contributed by atoms with Crippen molar-refractivity contribution < 1.29 is 12.8 Å². The zero-order valence-electron chi connectivity index (χ0n) is 12.9. The van der Waals surface area contributed by atoms with Crippen molar-refractivity contribution in [2.45, 2.75) is 56.9 Å². The van der Waals surface area contributed by atoms with E-state index in [9.17, 15) is 8.42 Å². The van der Waals surface area contributed by atoms with Crippen LogP contribution in [0.25, 0.3) is 0 Å². The molecule has 0 atom stereocenters. The molecule has 1 heterocycles. The van der Waals surface area contributed by atoms with Crippen LogP contribution in [0.5, 0.6) is 0 Å². The summed E-state index contributed by atoms with van der Waals surface area (Å²) in [6, 6.07) is 1.61. The molecule has 1 aliphatic rings. The van der Waals surface area contributed by atoms with E-state index in [-0.39, 0.29) is 4.90 Å². The highest BCUT2D eigenvalue weighted by molar-refractivity contribution is 7.89. The molecule has 6 heteroatoms. The molecule has 1 aliphatic carbocycles. The molecule has 2 N–H and O–H groups in total. The van der Waals surface area contributed by atoms with Crippen LogP contribution >= 0.6 is 0 Å². The van der Waals surface area contributed by atoms with Crippen LogP contribution in [0, 0.1) is 12.8 Å². The van der Waals surface area contributed by atoms with Gasteiger partial charge in [-0.15, -0.1) is 0 Å². The third-order valence-corrected chi connectivity index (χ3v) is 5.70. The predicted molar refractivity (Wildman–Crippen MR) is 82.6 cm³/mol. The van der Waals surface area contributed by atoms with Crippen molar-refractivity contribution in [3.05, 3.63) is 17.6 Å². The van der Waals surface area contributed by atoms with Crippen molar-refractivity contribution in [3.8, 4) is 0 Å². The minimum absolute atomic E-state index is 0.261. The third-order valence-electron chi connectivity index (χ3n) is 4.13. The van der Waals surface area contributed by atoms with Gasteiger partial charge in [0.1, 0.15) is 16.4 Å². The van der Waals surface area contributed by atoms with Gasteiger partial charge in [0.25, 0.3) is 0 Å². The molecule has 2 rings (SSSR count). The SMILES string of the molecule is CNCc1cc(S(=O)(=O)NCCC2CCCCC2)c(C)o1. The van der Waals surface area contributed by atoms with E-state index in [4.69, 9.17) is 4.42 Å². The number of nitrogens with one attached hydrogen (secondary N) is 2. The van der Waals surface area contributed by atoms with E-state index < -0.39 is 10.0 Å². The van der Waals surface area contributed by atoms with Crippen LogP contribution in [-0.4, -0.2) is 22.0 Å².